The molecule has 0 saturated heterocycles. The molecule has 0 saturated carbocycles. The van der Waals surface area contributed by atoms with Gasteiger partial charge in [0, 0.05) is 12.8 Å². The zero-order chi connectivity index (χ0) is 34.3. The summed E-state index contributed by atoms with van der Waals surface area (Å²) >= 11 is 0. The number of hydrogen-bond donors (Lipinski definition) is 1. The Morgan fingerprint density at radius 3 is 1.55 bits per heavy atom. The van der Waals surface area contributed by atoms with E-state index in [9.17, 15) is 14.7 Å². The number of carbonyl (C=O) groups is 2. The molecular weight excluding hydrogens is 584 g/mol. The molecular formula is C42H68O5. The molecule has 266 valence electrons. The molecule has 5 heteroatoms. The summed E-state index contributed by atoms with van der Waals surface area (Å²) in [4.78, 5) is 24.2. The van der Waals surface area contributed by atoms with Crippen molar-refractivity contribution in [2.45, 2.75) is 155 Å². The average Bonchev–Trinajstić information content (AvgIpc) is 3.07. The van der Waals surface area contributed by atoms with E-state index >= 15 is 0 Å². The van der Waals surface area contributed by atoms with Crippen LogP contribution in [0.1, 0.15) is 149 Å². The molecule has 1 N–H and O–H groups in total. The Hall–Kier alpha value is -2.92. The molecule has 0 rings (SSSR count). The van der Waals surface area contributed by atoms with Gasteiger partial charge in [0.2, 0.25) is 0 Å². The molecule has 47 heavy (non-hydrogen) atoms. The van der Waals surface area contributed by atoms with Crippen LogP contribution in [0.15, 0.2) is 85.1 Å². The number of aliphatic hydroxyl groups excluding tert-OH is 1. The minimum atomic E-state index is -0.793. The van der Waals surface area contributed by atoms with Crippen molar-refractivity contribution >= 4 is 11.9 Å². The molecule has 0 aliphatic rings. The van der Waals surface area contributed by atoms with Crippen LogP contribution in [0, 0.1) is 0 Å². The lowest BCUT2D eigenvalue weighted by Gasteiger charge is -2.15. The Morgan fingerprint density at radius 2 is 0.957 bits per heavy atom. The predicted molar refractivity (Wildman–Crippen MR) is 200 cm³/mol. The predicted octanol–water partition coefficient (Wildman–Crippen LogP) is 11.6. The smallest absolute Gasteiger partial charge is 0.306 e. The first-order valence-corrected chi connectivity index (χ1v) is 18.7. The minimum Gasteiger partial charge on any atom is -0.462 e. The number of unbranched alkanes of at least 4 members (excludes halogenated alkanes) is 13. The van der Waals surface area contributed by atoms with Crippen molar-refractivity contribution in [2.75, 3.05) is 13.2 Å². The second-order valence-corrected chi connectivity index (χ2v) is 12.0. The monoisotopic (exact) mass is 653 g/mol. The number of esters is 2. The van der Waals surface area contributed by atoms with E-state index in [1.54, 1.807) is 0 Å². The van der Waals surface area contributed by atoms with Gasteiger partial charge in [0.15, 0.2) is 6.10 Å². The van der Waals surface area contributed by atoms with Gasteiger partial charge in [-0.3, -0.25) is 9.59 Å². The molecule has 1 atom stereocenters. The summed E-state index contributed by atoms with van der Waals surface area (Å²) in [5.74, 6) is -0.650. The normalized spacial score (nSPS) is 13.2. The van der Waals surface area contributed by atoms with E-state index in [0.717, 1.165) is 70.6 Å². The maximum absolute atomic E-state index is 12.2. The van der Waals surface area contributed by atoms with Crippen molar-refractivity contribution in [3.63, 3.8) is 0 Å². The molecule has 0 fully saturated rings. The highest BCUT2D eigenvalue weighted by molar-refractivity contribution is 5.70. The van der Waals surface area contributed by atoms with E-state index < -0.39 is 6.10 Å². The van der Waals surface area contributed by atoms with Crippen LogP contribution in [0.25, 0.3) is 0 Å². The van der Waals surface area contributed by atoms with Gasteiger partial charge in [0.1, 0.15) is 6.61 Å². The quantitative estimate of drug-likeness (QED) is 0.0339. The standard InChI is InChI=1S/C42H68O5/c1-3-5-7-9-11-13-15-17-18-19-20-21-22-23-25-27-29-31-33-35-37-42(45)47-40(38-43)39-46-41(44)36-34-32-30-28-26-24-16-14-12-10-8-6-4-2/h5-8,10-14,16-18,24,26,40,43H,3-4,9,15,19-23,25,27-39H2,1-2H3/b7-5+,8-6+,12-10+,13-11+,16-14+,18-17+,26-24+. The van der Waals surface area contributed by atoms with Crippen molar-refractivity contribution < 1.29 is 24.2 Å². The van der Waals surface area contributed by atoms with Gasteiger partial charge in [0.25, 0.3) is 0 Å². The summed E-state index contributed by atoms with van der Waals surface area (Å²) < 4.78 is 10.6. The number of ether oxygens (including phenoxy) is 2. The van der Waals surface area contributed by atoms with Crippen LogP contribution < -0.4 is 0 Å². The number of hydrogen-bond acceptors (Lipinski definition) is 5. The Balaban J connectivity index is 3.63. The fourth-order valence-electron chi connectivity index (χ4n) is 4.75. The molecule has 0 aliphatic carbocycles. The number of aliphatic hydroxyl groups is 1. The zero-order valence-corrected chi connectivity index (χ0v) is 30.0. The van der Waals surface area contributed by atoms with Crippen molar-refractivity contribution in [1.29, 1.82) is 0 Å². The Kier molecular flexibility index (Phi) is 35.2. The van der Waals surface area contributed by atoms with E-state index in [-0.39, 0.29) is 25.2 Å². The molecule has 0 aromatic rings. The molecule has 0 bridgehead atoms. The molecule has 0 spiro atoms. The van der Waals surface area contributed by atoms with Crippen LogP contribution in [-0.4, -0.2) is 36.4 Å². The molecule has 0 aliphatic heterocycles. The summed E-state index contributed by atoms with van der Waals surface area (Å²) in [6, 6.07) is 0. The molecule has 0 heterocycles. The SMILES string of the molecule is CC/C=C/C=C/C=C/C=C/CCCCCC(=O)OCC(CO)OC(=O)CCCCCCCCCCCC/C=C/C/C=C/C/C=C/CC. The topological polar surface area (TPSA) is 72.8 Å². The van der Waals surface area contributed by atoms with Gasteiger partial charge < -0.3 is 14.6 Å². The molecule has 0 aromatic carbocycles. The van der Waals surface area contributed by atoms with E-state index in [4.69, 9.17) is 9.47 Å². The number of carbonyl (C=O) groups excluding carboxylic acids is 2. The van der Waals surface area contributed by atoms with Crippen molar-refractivity contribution in [3.8, 4) is 0 Å². The maximum atomic E-state index is 12.2. The summed E-state index contributed by atoms with van der Waals surface area (Å²) in [7, 11) is 0. The maximum Gasteiger partial charge on any atom is 0.306 e. The van der Waals surface area contributed by atoms with E-state index in [1.165, 1.54) is 51.4 Å². The minimum absolute atomic E-state index is 0.0927. The number of rotatable bonds is 32. The van der Waals surface area contributed by atoms with Crippen molar-refractivity contribution in [1.82, 2.24) is 0 Å². The highest BCUT2D eigenvalue weighted by Gasteiger charge is 2.16. The number of allylic oxidation sites excluding steroid dienone is 14. The van der Waals surface area contributed by atoms with Crippen LogP contribution in [-0.2, 0) is 19.1 Å². The largest absolute Gasteiger partial charge is 0.462 e. The molecule has 0 radical (unpaired) electrons. The van der Waals surface area contributed by atoms with Gasteiger partial charge in [-0.15, -0.1) is 0 Å². The Morgan fingerprint density at radius 1 is 0.511 bits per heavy atom. The van der Waals surface area contributed by atoms with Crippen LogP contribution in [0.4, 0.5) is 0 Å². The molecule has 0 amide bonds. The lowest BCUT2D eigenvalue weighted by Crippen LogP contribution is -2.28. The second-order valence-electron chi connectivity index (χ2n) is 12.0. The molecule has 0 aromatic heterocycles. The van der Waals surface area contributed by atoms with Crippen molar-refractivity contribution in [3.05, 3.63) is 85.1 Å². The molecule has 1 unspecified atom stereocenters. The first kappa shape index (κ1) is 44.1. The highest BCUT2D eigenvalue weighted by Crippen LogP contribution is 2.13. The van der Waals surface area contributed by atoms with Crippen molar-refractivity contribution in [2.24, 2.45) is 0 Å². The second kappa shape index (κ2) is 37.5. The first-order chi connectivity index (χ1) is 23.1. The lowest BCUT2D eigenvalue weighted by atomic mass is 10.0. The van der Waals surface area contributed by atoms with Gasteiger partial charge >= 0.3 is 11.9 Å². The van der Waals surface area contributed by atoms with Gasteiger partial charge in [-0.2, -0.15) is 0 Å². The van der Waals surface area contributed by atoms with Crippen LogP contribution in [0.2, 0.25) is 0 Å². The van der Waals surface area contributed by atoms with E-state index in [0.29, 0.717) is 12.8 Å². The third-order valence-electron chi connectivity index (χ3n) is 7.53. The van der Waals surface area contributed by atoms with Crippen LogP contribution in [0.5, 0.6) is 0 Å². The Labute approximate surface area is 288 Å². The van der Waals surface area contributed by atoms with Gasteiger partial charge in [-0.25, -0.2) is 0 Å². The van der Waals surface area contributed by atoms with E-state index in [2.05, 4.69) is 62.5 Å². The summed E-state index contributed by atoms with van der Waals surface area (Å²) in [6.07, 6.45) is 50.7. The van der Waals surface area contributed by atoms with Gasteiger partial charge in [0.05, 0.1) is 6.61 Å². The third-order valence-corrected chi connectivity index (χ3v) is 7.53. The van der Waals surface area contributed by atoms with Gasteiger partial charge in [-0.05, 0) is 64.2 Å². The highest BCUT2D eigenvalue weighted by atomic mass is 16.6. The average molecular weight is 653 g/mol. The fourth-order valence-corrected chi connectivity index (χ4v) is 4.75. The first-order valence-electron chi connectivity index (χ1n) is 18.7. The third kappa shape index (κ3) is 35.8. The summed E-state index contributed by atoms with van der Waals surface area (Å²) in [6.45, 7) is 3.83. The van der Waals surface area contributed by atoms with Crippen LogP contribution >= 0.6 is 0 Å². The Bertz CT molecular complexity index is 921. The summed E-state index contributed by atoms with van der Waals surface area (Å²) in [5.41, 5.74) is 0. The van der Waals surface area contributed by atoms with E-state index in [1.807, 2.05) is 36.5 Å². The molecule has 5 nitrogen and oxygen atoms in total. The van der Waals surface area contributed by atoms with Gasteiger partial charge in [-0.1, -0.05) is 157 Å². The fraction of sp³-hybridized carbons (Fsp3) is 0.619. The lowest BCUT2D eigenvalue weighted by molar-refractivity contribution is -0.161. The zero-order valence-electron chi connectivity index (χ0n) is 30.0. The van der Waals surface area contributed by atoms with Crippen LogP contribution in [0.3, 0.4) is 0 Å². The summed E-state index contributed by atoms with van der Waals surface area (Å²) in [5, 5.41) is 9.53.